The zero-order valence-corrected chi connectivity index (χ0v) is 19.3. The molecule has 0 unspecified atom stereocenters. The Kier molecular flexibility index (Phi) is 6.91. The van der Waals surface area contributed by atoms with Gasteiger partial charge in [-0.15, -0.1) is 0 Å². The van der Waals surface area contributed by atoms with Crippen LogP contribution in [0, 0.1) is 6.92 Å². The molecule has 0 bridgehead atoms. The van der Waals surface area contributed by atoms with Crippen LogP contribution in [0.3, 0.4) is 0 Å². The summed E-state index contributed by atoms with van der Waals surface area (Å²) in [6.45, 7) is 1.79. The van der Waals surface area contributed by atoms with Gasteiger partial charge in [0.25, 0.3) is 0 Å². The van der Waals surface area contributed by atoms with Crippen molar-refractivity contribution in [2.75, 3.05) is 24.5 Å². The number of nitrogens with one attached hydrogen (secondary N) is 2. The molecule has 2 heterocycles. The molecule has 2 aromatic heterocycles. The van der Waals surface area contributed by atoms with Crippen LogP contribution in [0.2, 0.25) is 0 Å². The van der Waals surface area contributed by atoms with Crippen LogP contribution < -0.4 is 30.0 Å². The molecule has 0 radical (unpaired) electrons. The molecule has 2 N–H and O–H groups in total. The fourth-order valence-electron chi connectivity index (χ4n) is 3.34. The van der Waals surface area contributed by atoms with E-state index in [4.69, 9.17) is 14.2 Å². The topological polar surface area (TPSA) is 115 Å². The number of nitrogens with zero attached hydrogens (tertiary/aromatic N) is 3. The van der Waals surface area contributed by atoms with Crippen LogP contribution in [0.1, 0.15) is 5.69 Å². The predicted molar refractivity (Wildman–Crippen MR) is 131 cm³/mol. The summed E-state index contributed by atoms with van der Waals surface area (Å²) >= 11 is 0. The second-order valence-corrected chi connectivity index (χ2v) is 7.34. The third kappa shape index (κ3) is 5.38. The highest BCUT2D eigenvalue weighted by molar-refractivity contribution is 5.93. The van der Waals surface area contributed by atoms with Gasteiger partial charge < -0.3 is 19.5 Å². The zero-order valence-electron chi connectivity index (χ0n) is 19.3. The zero-order chi connectivity index (χ0) is 24.8. The molecular weight excluding hydrogens is 450 g/mol. The Morgan fingerprint density at radius 3 is 2.40 bits per heavy atom. The molecule has 0 aliphatic rings. The number of anilines is 2. The largest absolute Gasteiger partial charge is 0.493 e. The van der Waals surface area contributed by atoms with E-state index in [0.717, 1.165) is 10.4 Å². The maximum Gasteiger partial charge on any atom is 0.338 e. The number of hydrazine groups is 1. The van der Waals surface area contributed by atoms with Gasteiger partial charge >= 0.3 is 6.03 Å². The Morgan fingerprint density at radius 2 is 1.71 bits per heavy atom. The maximum absolute atomic E-state index is 12.4. The number of pyridine rings is 2. The fraction of sp³-hybridized carbons (Fsp3) is 0.120. The number of urea groups is 1. The predicted octanol–water partition coefficient (Wildman–Crippen LogP) is 4.45. The smallest absolute Gasteiger partial charge is 0.338 e. The van der Waals surface area contributed by atoms with Gasteiger partial charge in [0, 0.05) is 29.0 Å². The average molecular weight is 473 g/mol. The lowest BCUT2D eigenvalue weighted by atomic mass is 10.2. The van der Waals surface area contributed by atoms with Crippen LogP contribution in [0.15, 0.2) is 66.9 Å². The lowest BCUT2D eigenvalue weighted by Gasteiger charge is -2.18. The van der Waals surface area contributed by atoms with Crippen molar-refractivity contribution in [1.82, 2.24) is 15.4 Å². The van der Waals surface area contributed by atoms with E-state index in [-0.39, 0.29) is 0 Å². The Labute approximate surface area is 201 Å². The molecule has 35 heavy (non-hydrogen) atoms. The van der Waals surface area contributed by atoms with Gasteiger partial charge in [0.2, 0.25) is 6.41 Å². The van der Waals surface area contributed by atoms with Gasteiger partial charge in [-0.25, -0.2) is 20.2 Å². The van der Waals surface area contributed by atoms with Crippen molar-refractivity contribution >= 4 is 34.8 Å². The molecular formula is C25H23N5O5. The number of carbonyl (C=O) groups excluding carboxylic acids is 2. The molecule has 0 fully saturated rings. The third-order valence-electron chi connectivity index (χ3n) is 4.99. The van der Waals surface area contributed by atoms with E-state index in [1.54, 1.807) is 88.0 Å². The Bertz CT molecular complexity index is 1360. The number of fused-ring (bicyclic) bond motifs is 1. The van der Waals surface area contributed by atoms with Gasteiger partial charge in [0.05, 0.1) is 19.7 Å². The van der Waals surface area contributed by atoms with Gasteiger partial charge in [-0.1, -0.05) is 6.07 Å². The lowest BCUT2D eigenvalue weighted by molar-refractivity contribution is -0.107. The van der Waals surface area contributed by atoms with Crippen molar-refractivity contribution in [2.45, 2.75) is 6.92 Å². The number of hydrogen-bond donors (Lipinski definition) is 2. The summed E-state index contributed by atoms with van der Waals surface area (Å²) < 4.78 is 16.8. The van der Waals surface area contributed by atoms with Crippen molar-refractivity contribution in [3.8, 4) is 23.0 Å². The summed E-state index contributed by atoms with van der Waals surface area (Å²) in [5.74, 6) is 2.58. The summed E-state index contributed by atoms with van der Waals surface area (Å²) in [5.41, 5.74) is 4.36. The standard InChI is InChI=1S/C25H23N5O5/c1-16-5-4-6-24(27-16)30(15-31)29-25(32)28-17-7-9-18(10-8-17)35-21-11-12-26-20-14-23(34-3)22(33-2)13-19(20)21/h4-15H,1-3H3,(H2,28,29,32). The number of hydrogen-bond acceptors (Lipinski definition) is 7. The van der Waals surface area contributed by atoms with Gasteiger partial charge in [0.15, 0.2) is 17.3 Å². The number of aryl methyl sites for hydroxylation is 1. The van der Waals surface area contributed by atoms with Crippen LogP contribution in [0.25, 0.3) is 10.9 Å². The number of amides is 3. The first-order valence-corrected chi connectivity index (χ1v) is 10.5. The minimum Gasteiger partial charge on any atom is -0.493 e. The molecule has 10 heteroatoms. The van der Waals surface area contributed by atoms with Crippen LogP contribution >= 0.6 is 0 Å². The van der Waals surface area contributed by atoms with Gasteiger partial charge in [-0.3, -0.25) is 9.78 Å². The molecule has 0 spiro atoms. The highest BCUT2D eigenvalue weighted by atomic mass is 16.5. The monoisotopic (exact) mass is 473 g/mol. The van der Waals surface area contributed by atoms with E-state index in [9.17, 15) is 9.59 Å². The SMILES string of the molecule is COc1cc2nccc(Oc3ccc(NC(=O)NN(C=O)c4cccc(C)n4)cc3)c2cc1OC. The second kappa shape index (κ2) is 10.4. The van der Waals surface area contributed by atoms with Crippen LogP contribution in [0.5, 0.6) is 23.0 Å². The normalized spacial score (nSPS) is 10.4. The van der Waals surface area contributed by atoms with Gasteiger partial charge in [0.1, 0.15) is 11.5 Å². The Balaban J connectivity index is 1.45. The molecule has 10 nitrogen and oxygen atoms in total. The van der Waals surface area contributed by atoms with Crippen LogP contribution in [-0.2, 0) is 4.79 Å². The Hall–Kier alpha value is -4.86. The third-order valence-corrected chi connectivity index (χ3v) is 4.99. The van der Waals surface area contributed by atoms with Crippen LogP contribution in [-0.4, -0.2) is 36.6 Å². The second-order valence-electron chi connectivity index (χ2n) is 7.34. The number of rotatable bonds is 8. The van der Waals surface area contributed by atoms with Crippen LogP contribution in [0.4, 0.5) is 16.3 Å². The number of aromatic nitrogens is 2. The number of methoxy groups -OCH3 is 2. The molecule has 3 amide bonds. The summed E-state index contributed by atoms with van der Waals surface area (Å²) in [5, 5.41) is 4.42. The number of ether oxygens (including phenoxy) is 3. The summed E-state index contributed by atoms with van der Waals surface area (Å²) in [6.07, 6.45) is 2.12. The quantitative estimate of drug-likeness (QED) is 0.287. The molecule has 178 valence electrons. The van der Waals surface area contributed by atoms with E-state index in [2.05, 4.69) is 20.7 Å². The molecule has 0 saturated heterocycles. The van der Waals surface area contributed by atoms with Gasteiger partial charge in [-0.2, -0.15) is 0 Å². The fourth-order valence-corrected chi connectivity index (χ4v) is 3.34. The van der Waals surface area contributed by atoms with Gasteiger partial charge in [-0.05, 0) is 55.5 Å². The van der Waals surface area contributed by atoms with E-state index in [1.165, 1.54) is 0 Å². The molecule has 4 aromatic rings. The molecule has 0 saturated carbocycles. The molecule has 0 aliphatic heterocycles. The first-order chi connectivity index (χ1) is 17.0. The number of carbonyl (C=O) groups is 2. The van der Waals surface area contributed by atoms with Crippen molar-refractivity contribution in [1.29, 1.82) is 0 Å². The molecule has 0 aliphatic carbocycles. The highest BCUT2D eigenvalue weighted by Crippen LogP contribution is 2.36. The molecule has 0 atom stereocenters. The van der Waals surface area contributed by atoms with Crippen molar-refractivity contribution < 1.29 is 23.8 Å². The number of benzene rings is 2. The minimum atomic E-state index is -0.602. The van der Waals surface area contributed by atoms with E-state index in [1.807, 2.05) is 0 Å². The lowest BCUT2D eigenvalue weighted by Crippen LogP contribution is -2.44. The highest BCUT2D eigenvalue weighted by Gasteiger charge is 2.13. The maximum atomic E-state index is 12.4. The van der Waals surface area contributed by atoms with E-state index < -0.39 is 6.03 Å². The molecule has 2 aromatic carbocycles. The minimum absolute atomic E-state index is 0.303. The summed E-state index contributed by atoms with van der Waals surface area (Å²) in [4.78, 5) is 32.3. The van der Waals surface area contributed by atoms with E-state index >= 15 is 0 Å². The summed E-state index contributed by atoms with van der Waals surface area (Å²) in [6, 6.07) is 16.7. The van der Waals surface area contributed by atoms with E-state index in [0.29, 0.717) is 52.1 Å². The first kappa shape index (κ1) is 23.3. The average Bonchev–Trinajstić information content (AvgIpc) is 2.87. The van der Waals surface area contributed by atoms with Crippen molar-refractivity contribution in [3.05, 3.63) is 72.6 Å². The first-order valence-electron chi connectivity index (χ1n) is 10.5. The molecule has 4 rings (SSSR count). The van der Waals surface area contributed by atoms with Crippen molar-refractivity contribution in [2.24, 2.45) is 0 Å². The summed E-state index contributed by atoms with van der Waals surface area (Å²) in [7, 11) is 3.13. The Morgan fingerprint density at radius 1 is 0.971 bits per heavy atom. The van der Waals surface area contributed by atoms with Crippen molar-refractivity contribution in [3.63, 3.8) is 0 Å².